The summed E-state index contributed by atoms with van der Waals surface area (Å²) >= 11 is 0. The normalized spacial score (nSPS) is 49.5. The summed E-state index contributed by atoms with van der Waals surface area (Å²) in [6, 6.07) is 0. The maximum Gasteiger partial charge on any atom is 0.475 e. The number of aliphatic hydroxyl groups is 1. The number of hydrogen-bond donors (Lipinski definition) is 1. The predicted molar refractivity (Wildman–Crippen MR) is 41.2 cm³/mol. The average Bonchev–Trinajstić information content (AvgIpc) is 2.61. The molecule has 13 heavy (non-hydrogen) atoms. The van der Waals surface area contributed by atoms with Gasteiger partial charge in [-0.2, -0.15) is 0 Å². The van der Waals surface area contributed by atoms with E-state index in [2.05, 4.69) is 4.52 Å². The lowest BCUT2D eigenvalue weighted by atomic mass is 10.2. The highest BCUT2D eigenvalue weighted by Gasteiger charge is 2.52. The van der Waals surface area contributed by atoms with Gasteiger partial charge in [0.1, 0.15) is 18.3 Å². The number of phosphoric acid groups is 1. The van der Waals surface area contributed by atoms with Gasteiger partial charge in [-0.15, -0.1) is 0 Å². The molecule has 0 aromatic carbocycles. The Labute approximate surface area is 75.4 Å². The molecular weight excluding hydrogens is 199 g/mol. The SMILES string of the molecule is COP1(=O)OC2CO[C@H](CO)C2O1. The number of fused-ring (bicyclic) bond motifs is 1. The zero-order chi connectivity index (χ0) is 9.47. The third-order valence-electron chi connectivity index (χ3n) is 2.13. The molecular formula is C6H11O6P. The maximum absolute atomic E-state index is 11.5. The number of phosphoric ester groups is 1. The van der Waals surface area contributed by atoms with E-state index < -0.39 is 20.0 Å². The Kier molecular flexibility index (Phi) is 2.44. The Bertz CT molecular complexity index is 243. The van der Waals surface area contributed by atoms with Crippen molar-refractivity contribution in [2.75, 3.05) is 20.3 Å². The highest BCUT2D eigenvalue weighted by molar-refractivity contribution is 7.48. The van der Waals surface area contributed by atoms with Crippen LogP contribution in [-0.2, 0) is 22.9 Å². The summed E-state index contributed by atoms with van der Waals surface area (Å²) in [5, 5.41) is 8.86. The van der Waals surface area contributed by atoms with Crippen LogP contribution < -0.4 is 0 Å². The lowest BCUT2D eigenvalue weighted by Gasteiger charge is -2.13. The predicted octanol–water partition coefficient (Wildman–Crippen LogP) is -0.0840. The summed E-state index contributed by atoms with van der Waals surface area (Å²) < 4.78 is 31.3. The largest absolute Gasteiger partial charge is 0.475 e. The lowest BCUT2D eigenvalue weighted by Crippen LogP contribution is -2.29. The number of ether oxygens (including phenoxy) is 1. The van der Waals surface area contributed by atoms with Gasteiger partial charge >= 0.3 is 7.82 Å². The quantitative estimate of drug-likeness (QED) is 0.642. The van der Waals surface area contributed by atoms with Crippen LogP contribution in [0.4, 0.5) is 0 Å². The first-order valence-electron chi connectivity index (χ1n) is 3.93. The fraction of sp³-hybridized carbons (Fsp3) is 1.00. The molecule has 0 aromatic rings. The van der Waals surface area contributed by atoms with Gasteiger partial charge in [0.15, 0.2) is 0 Å². The van der Waals surface area contributed by atoms with E-state index in [9.17, 15) is 4.57 Å². The van der Waals surface area contributed by atoms with E-state index in [0.717, 1.165) is 0 Å². The summed E-state index contributed by atoms with van der Waals surface area (Å²) in [6.45, 7) is 0.109. The zero-order valence-corrected chi connectivity index (χ0v) is 7.98. The fourth-order valence-electron chi connectivity index (χ4n) is 1.46. The van der Waals surface area contributed by atoms with Crippen molar-refractivity contribution >= 4 is 7.82 Å². The molecule has 0 aliphatic carbocycles. The summed E-state index contributed by atoms with van der Waals surface area (Å²) in [5.74, 6) is 0. The number of aliphatic hydroxyl groups excluding tert-OH is 1. The van der Waals surface area contributed by atoms with Crippen molar-refractivity contribution < 1.29 is 28.0 Å². The molecule has 2 aliphatic rings. The maximum atomic E-state index is 11.5. The zero-order valence-electron chi connectivity index (χ0n) is 7.08. The van der Waals surface area contributed by atoms with Crippen LogP contribution in [0.5, 0.6) is 0 Å². The molecule has 0 spiro atoms. The molecule has 4 atom stereocenters. The van der Waals surface area contributed by atoms with E-state index in [0.29, 0.717) is 0 Å². The second-order valence-corrected chi connectivity index (χ2v) is 4.58. The van der Waals surface area contributed by atoms with Gasteiger partial charge in [0.2, 0.25) is 0 Å². The van der Waals surface area contributed by atoms with Gasteiger partial charge in [-0.1, -0.05) is 0 Å². The van der Waals surface area contributed by atoms with Crippen LogP contribution in [0.2, 0.25) is 0 Å². The van der Waals surface area contributed by atoms with Crippen LogP contribution >= 0.6 is 7.82 Å². The van der Waals surface area contributed by atoms with Gasteiger partial charge in [-0.25, -0.2) is 4.57 Å². The minimum Gasteiger partial charge on any atom is -0.394 e. The number of rotatable bonds is 2. The van der Waals surface area contributed by atoms with Crippen LogP contribution in [0.1, 0.15) is 0 Å². The Morgan fingerprint density at radius 1 is 1.62 bits per heavy atom. The number of hydrogen-bond acceptors (Lipinski definition) is 6. The Balaban J connectivity index is 2.09. The lowest BCUT2D eigenvalue weighted by molar-refractivity contribution is 0.00739. The van der Waals surface area contributed by atoms with Crippen molar-refractivity contribution in [1.82, 2.24) is 0 Å². The van der Waals surface area contributed by atoms with Crippen LogP contribution in [0.15, 0.2) is 0 Å². The average molecular weight is 210 g/mol. The van der Waals surface area contributed by atoms with E-state index in [4.69, 9.17) is 18.9 Å². The Hall–Kier alpha value is 0.0300. The van der Waals surface area contributed by atoms with E-state index in [-0.39, 0.29) is 19.3 Å². The summed E-state index contributed by atoms with van der Waals surface area (Å²) in [6.07, 6.45) is -1.32. The highest BCUT2D eigenvalue weighted by Crippen LogP contribution is 2.58. The molecule has 0 amide bonds. The molecule has 2 aliphatic heterocycles. The van der Waals surface area contributed by atoms with Crippen LogP contribution in [-0.4, -0.2) is 43.7 Å². The van der Waals surface area contributed by atoms with Gasteiger partial charge in [0, 0.05) is 7.11 Å². The smallest absolute Gasteiger partial charge is 0.394 e. The van der Waals surface area contributed by atoms with E-state index in [1.807, 2.05) is 0 Å². The molecule has 1 N–H and O–H groups in total. The molecule has 2 rings (SSSR count). The van der Waals surface area contributed by atoms with Gasteiger partial charge in [-0.05, 0) is 0 Å². The molecule has 2 heterocycles. The van der Waals surface area contributed by atoms with Crippen molar-refractivity contribution in [2.45, 2.75) is 18.3 Å². The van der Waals surface area contributed by atoms with Crippen molar-refractivity contribution in [3.05, 3.63) is 0 Å². The topological polar surface area (TPSA) is 74.2 Å². The van der Waals surface area contributed by atoms with E-state index >= 15 is 0 Å². The highest BCUT2D eigenvalue weighted by atomic mass is 31.2. The molecule has 0 bridgehead atoms. The molecule has 7 heteroatoms. The van der Waals surface area contributed by atoms with Crippen molar-refractivity contribution in [3.8, 4) is 0 Å². The molecule has 2 fully saturated rings. The Morgan fingerprint density at radius 3 is 3.00 bits per heavy atom. The van der Waals surface area contributed by atoms with E-state index in [1.165, 1.54) is 7.11 Å². The van der Waals surface area contributed by atoms with Crippen molar-refractivity contribution in [1.29, 1.82) is 0 Å². The molecule has 76 valence electrons. The van der Waals surface area contributed by atoms with Crippen LogP contribution in [0.3, 0.4) is 0 Å². The Morgan fingerprint density at radius 2 is 2.38 bits per heavy atom. The second-order valence-electron chi connectivity index (χ2n) is 2.90. The first kappa shape index (κ1) is 9.58. The first-order chi connectivity index (χ1) is 6.18. The summed E-state index contributed by atoms with van der Waals surface area (Å²) in [5.41, 5.74) is 0. The summed E-state index contributed by atoms with van der Waals surface area (Å²) in [4.78, 5) is 0. The third kappa shape index (κ3) is 1.54. The van der Waals surface area contributed by atoms with Gasteiger partial charge in [0.25, 0.3) is 0 Å². The van der Waals surface area contributed by atoms with Crippen molar-refractivity contribution in [3.63, 3.8) is 0 Å². The molecule has 3 unspecified atom stereocenters. The molecule has 2 saturated heterocycles. The third-order valence-corrected chi connectivity index (χ3v) is 3.60. The van der Waals surface area contributed by atoms with Crippen LogP contribution in [0.25, 0.3) is 0 Å². The van der Waals surface area contributed by atoms with Gasteiger partial charge < -0.3 is 9.84 Å². The molecule has 0 radical (unpaired) electrons. The van der Waals surface area contributed by atoms with E-state index in [1.54, 1.807) is 0 Å². The van der Waals surface area contributed by atoms with Crippen molar-refractivity contribution in [2.24, 2.45) is 0 Å². The minimum absolute atomic E-state index is 0.172. The van der Waals surface area contributed by atoms with Crippen LogP contribution in [0, 0.1) is 0 Å². The molecule has 0 saturated carbocycles. The first-order valence-corrected chi connectivity index (χ1v) is 5.39. The molecule has 0 aromatic heterocycles. The van der Waals surface area contributed by atoms with Gasteiger partial charge in [-0.3, -0.25) is 13.6 Å². The monoisotopic (exact) mass is 210 g/mol. The summed E-state index contributed by atoms with van der Waals surface area (Å²) in [7, 11) is -2.11. The second kappa shape index (κ2) is 3.31. The molecule has 6 nitrogen and oxygen atoms in total. The fourth-order valence-corrected chi connectivity index (χ4v) is 2.76. The minimum atomic E-state index is -3.37. The standard InChI is InChI=1S/C6H11O6P/c1-9-13(8)11-5-3-10-4(2-7)6(5)12-13/h4-7H,2-3H2,1H3/t4-,5?,6?,13?/m1/s1. The van der Waals surface area contributed by atoms with Gasteiger partial charge in [0.05, 0.1) is 13.2 Å².